The molecule has 0 aliphatic carbocycles. The smallest absolute Gasteiger partial charge is 0.294 e. The zero-order valence-electron chi connectivity index (χ0n) is 12.5. The highest BCUT2D eigenvalue weighted by Gasteiger charge is 2.29. The summed E-state index contributed by atoms with van der Waals surface area (Å²) in [5.74, 6) is 0.639. The zero-order chi connectivity index (χ0) is 16.3. The summed E-state index contributed by atoms with van der Waals surface area (Å²) in [6.45, 7) is 3.28. The normalized spacial score (nSPS) is 18.3. The van der Waals surface area contributed by atoms with E-state index in [4.69, 9.17) is 14.2 Å². The quantitative estimate of drug-likeness (QED) is 0.583. The Labute approximate surface area is 127 Å². The third kappa shape index (κ3) is 3.28. The van der Waals surface area contributed by atoms with Gasteiger partial charge in [-0.1, -0.05) is 0 Å². The average Bonchev–Trinajstić information content (AvgIpc) is 2.49. The second-order valence-electron chi connectivity index (χ2n) is 4.89. The monoisotopic (exact) mass is 311 g/mol. The molecule has 0 bridgehead atoms. The van der Waals surface area contributed by atoms with Crippen molar-refractivity contribution < 1.29 is 28.9 Å². The van der Waals surface area contributed by atoms with Crippen LogP contribution in [0.5, 0.6) is 11.5 Å². The third-order valence-corrected chi connectivity index (χ3v) is 3.29. The van der Waals surface area contributed by atoms with E-state index in [9.17, 15) is 14.9 Å². The van der Waals surface area contributed by atoms with Crippen LogP contribution in [0.15, 0.2) is 12.1 Å². The van der Waals surface area contributed by atoms with Crippen LogP contribution in [-0.2, 0) is 16.2 Å². The second-order valence-corrected chi connectivity index (χ2v) is 4.89. The van der Waals surface area contributed by atoms with Crippen molar-refractivity contribution >= 4 is 5.78 Å². The summed E-state index contributed by atoms with van der Waals surface area (Å²) in [7, 11) is 1.47. The molecule has 0 saturated heterocycles. The molecule has 8 nitrogen and oxygen atoms in total. The van der Waals surface area contributed by atoms with Crippen molar-refractivity contribution in [3.05, 3.63) is 33.4 Å². The van der Waals surface area contributed by atoms with Crippen LogP contribution in [-0.4, -0.2) is 36.8 Å². The van der Waals surface area contributed by atoms with Crippen molar-refractivity contribution in [3.63, 3.8) is 0 Å². The van der Waals surface area contributed by atoms with E-state index in [1.165, 1.54) is 7.11 Å². The Balaban J connectivity index is 2.29. The Kier molecular flexibility index (Phi) is 4.81. The summed E-state index contributed by atoms with van der Waals surface area (Å²) in [5, 5.41) is 9.35. The van der Waals surface area contributed by atoms with Crippen LogP contribution in [0.4, 0.5) is 0 Å². The van der Waals surface area contributed by atoms with Crippen LogP contribution >= 0.6 is 0 Å². The molecule has 2 rings (SSSR count). The minimum absolute atomic E-state index is 0.136. The topological polar surface area (TPSA) is 97.1 Å². The van der Waals surface area contributed by atoms with Gasteiger partial charge in [-0.05, 0) is 26.0 Å². The van der Waals surface area contributed by atoms with Crippen molar-refractivity contribution in [2.24, 2.45) is 0 Å². The van der Waals surface area contributed by atoms with Crippen LogP contribution in [0, 0.1) is 10.1 Å². The molecule has 0 N–H and O–H groups in total. The molecule has 0 spiro atoms. The van der Waals surface area contributed by atoms with Gasteiger partial charge in [-0.25, -0.2) is 0 Å². The van der Waals surface area contributed by atoms with E-state index in [0.29, 0.717) is 22.6 Å². The summed E-state index contributed by atoms with van der Waals surface area (Å²) in [6, 6.07) is 3.30. The minimum Gasteiger partial charge on any atom is -0.493 e. The Morgan fingerprint density at radius 1 is 1.50 bits per heavy atom. The maximum absolute atomic E-state index is 12.1. The first-order chi connectivity index (χ1) is 10.4. The third-order valence-electron chi connectivity index (χ3n) is 3.29. The molecule has 0 saturated carbocycles. The molecule has 1 aliphatic heterocycles. The largest absolute Gasteiger partial charge is 0.493 e. The first-order valence-corrected chi connectivity index (χ1v) is 6.73. The number of ether oxygens (including phenoxy) is 3. The molecule has 0 fully saturated rings. The number of rotatable bonds is 6. The molecular weight excluding hydrogens is 294 g/mol. The predicted molar refractivity (Wildman–Crippen MR) is 74.6 cm³/mol. The number of benzene rings is 1. The highest BCUT2D eigenvalue weighted by molar-refractivity contribution is 6.02. The Hall–Kier alpha value is -2.35. The van der Waals surface area contributed by atoms with E-state index in [2.05, 4.69) is 4.84 Å². The molecule has 2 atom stereocenters. The summed E-state index contributed by atoms with van der Waals surface area (Å²) in [5.41, 5.74) is 1.09. The number of methoxy groups -OCH3 is 1. The highest BCUT2D eigenvalue weighted by atomic mass is 17.0. The van der Waals surface area contributed by atoms with Gasteiger partial charge in [-0.3, -0.25) is 4.79 Å². The van der Waals surface area contributed by atoms with Gasteiger partial charge in [0.15, 0.2) is 17.3 Å². The lowest BCUT2D eigenvalue weighted by Crippen LogP contribution is -2.29. The first-order valence-electron chi connectivity index (χ1n) is 6.73. The first kappa shape index (κ1) is 16.0. The van der Waals surface area contributed by atoms with Gasteiger partial charge in [-0.2, -0.15) is 0 Å². The standard InChI is InChI=1S/C14H17NO7/c1-8(6-21-15(17)18)22-14-11-7-20-9(2)13(16)10(11)4-5-12(14)19-3/h4-5,8-9H,6-7H2,1-3H3. The number of hydrogen-bond acceptors (Lipinski definition) is 7. The molecule has 1 aromatic rings. The fourth-order valence-electron chi connectivity index (χ4n) is 2.17. The Morgan fingerprint density at radius 2 is 2.23 bits per heavy atom. The van der Waals surface area contributed by atoms with Gasteiger partial charge in [-0.15, -0.1) is 10.1 Å². The summed E-state index contributed by atoms with van der Waals surface area (Å²) < 4.78 is 16.3. The molecule has 8 heteroatoms. The van der Waals surface area contributed by atoms with Crippen molar-refractivity contribution in [2.45, 2.75) is 32.7 Å². The fraction of sp³-hybridized carbons (Fsp3) is 0.500. The van der Waals surface area contributed by atoms with Crippen LogP contribution in [0.25, 0.3) is 0 Å². The van der Waals surface area contributed by atoms with Crippen molar-refractivity contribution in [1.82, 2.24) is 0 Å². The molecule has 0 amide bonds. The Morgan fingerprint density at radius 3 is 2.86 bits per heavy atom. The van der Waals surface area contributed by atoms with Crippen LogP contribution in [0.3, 0.4) is 0 Å². The van der Waals surface area contributed by atoms with Gasteiger partial charge in [0, 0.05) is 11.1 Å². The van der Waals surface area contributed by atoms with Gasteiger partial charge in [0.1, 0.15) is 18.8 Å². The number of hydrogen-bond donors (Lipinski definition) is 0. The maximum atomic E-state index is 12.1. The molecule has 0 radical (unpaired) electrons. The molecule has 2 unspecified atom stereocenters. The highest BCUT2D eigenvalue weighted by Crippen LogP contribution is 2.37. The zero-order valence-corrected chi connectivity index (χ0v) is 12.5. The lowest BCUT2D eigenvalue weighted by atomic mass is 9.97. The number of nitrogens with zero attached hydrogens (tertiary/aromatic N) is 1. The number of ketones is 1. The van der Waals surface area contributed by atoms with Crippen molar-refractivity contribution in [3.8, 4) is 11.5 Å². The maximum Gasteiger partial charge on any atom is 0.294 e. The molecule has 120 valence electrons. The van der Waals surface area contributed by atoms with Crippen molar-refractivity contribution in [2.75, 3.05) is 13.7 Å². The lowest BCUT2D eigenvalue weighted by Gasteiger charge is -2.26. The van der Waals surface area contributed by atoms with Gasteiger partial charge >= 0.3 is 0 Å². The SMILES string of the molecule is COc1ccc2c(c1OC(C)CO[N+](=O)[O-])COC(C)C2=O. The Bertz CT molecular complexity index is 587. The van der Waals surface area contributed by atoms with Crippen LogP contribution < -0.4 is 9.47 Å². The molecule has 0 aromatic heterocycles. The molecule has 22 heavy (non-hydrogen) atoms. The van der Waals surface area contributed by atoms with E-state index >= 15 is 0 Å². The summed E-state index contributed by atoms with van der Waals surface area (Å²) in [6.07, 6.45) is -1.11. The van der Waals surface area contributed by atoms with Gasteiger partial charge in [0.05, 0.1) is 13.7 Å². The minimum atomic E-state index is -0.883. The van der Waals surface area contributed by atoms with Crippen LogP contribution in [0.1, 0.15) is 29.8 Å². The fourth-order valence-corrected chi connectivity index (χ4v) is 2.17. The molecule has 1 heterocycles. The van der Waals surface area contributed by atoms with E-state index in [1.807, 2.05) is 0 Å². The average molecular weight is 311 g/mol. The number of fused-ring (bicyclic) bond motifs is 1. The summed E-state index contributed by atoms with van der Waals surface area (Å²) >= 11 is 0. The van der Waals surface area contributed by atoms with Crippen LogP contribution in [0.2, 0.25) is 0 Å². The second kappa shape index (κ2) is 6.61. The van der Waals surface area contributed by atoms with E-state index in [1.54, 1.807) is 26.0 Å². The van der Waals surface area contributed by atoms with E-state index in [0.717, 1.165) is 0 Å². The van der Waals surface area contributed by atoms with E-state index < -0.39 is 17.3 Å². The van der Waals surface area contributed by atoms with Gasteiger partial charge in [0.2, 0.25) is 0 Å². The lowest BCUT2D eigenvalue weighted by molar-refractivity contribution is -0.759. The van der Waals surface area contributed by atoms with E-state index in [-0.39, 0.29) is 19.0 Å². The number of Topliss-reactive ketones (excluding diaryl/α,β-unsaturated/α-hetero) is 1. The number of carbonyl (C=O) groups excluding carboxylic acids is 1. The summed E-state index contributed by atoms with van der Waals surface area (Å²) in [4.78, 5) is 26.7. The van der Waals surface area contributed by atoms with Crippen molar-refractivity contribution in [1.29, 1.82) is 0 Å². The van der Waals surface area contributed by atoms with Gasteiger partial charge in [0.25, 0.3) is 5.09 Å². The predicted octanol–water partition coefficient (Wildman–Crippen LogP) is 1.77. The molecular formula is C14H17NO7. The molecule has 1 aromatic carbocycles. The molecule has 1 aliphatic rings. The number of carbonyl (C=O) groups is 1. The van der Waals surface area contributed by atoms with Gasteiger partial charge < -0.3 is 19.0 Å².